The first-order valence-corrected chi connectivity index (χ1v) is 6.10. The first-order chi connectivity index (χ1) is 8.35. The average Bonchev–Trinajstić information content (AvgIpc) is 2.63. The highest BCUT2D eigenvalue weighted by Gasteiger charge is 2.34. The Kier molecular flexibility index (Phi) is 4.95. The Morgan fingerprint density at radius 2 is 2.11 bits per heavy atom. The first kappa shape index (κ1) is 14.8. The predicted molar refractivity (Wildman–Crippen MR) is 66.5 cm³/mol. The van der Waals surface area contributed by atoms with Crippen LogP contribution >= 0.6 is 0 Å². The highest BCUT2D eigenvalue weighted by atomic mass is 16.5. The summed E-state index contributed by atoms with van der Waals surface area (Å²) >= 11 is 0. The second kappa shape index (κ2) is 6.04. The zero-order chi connectivity index (χ0) is 13.8. The van der Waals surface area contributed by atoms with E-state index in [1.54, 1.807) is 4.90 Å². The zero-order valence-electron chi connectivity index (χ0n) is 11.3. The maximum absolute atomic E-state index is 12.2. The summed E-state index contributed by atoms with van der Waals surface area (Å²) in [7, 11) is 1.53. The molecule has 0 aromatic rings. The van der Waals surface area contributed by atoms with Gasteiger partial charge in [-0.1, -0.05) is 13.8 Å². The van der Waals surface area contributed by atoms with Crippen LogP contribution in [0.15, 0.2) is 0 Å². The molecule has 6 heteroatoms. The van der Waals surface area contributed by atoms with Crippen LogP contribution in [0.5, 0.6) is 0 Å². The van der Waals surface area contributed by atoms with E-state index in [0.717, 1.165) is 6.42 Å². The number of amides is 2. The number of methoxy groups -OCH3 is 1. The Morgan fingerprint density at radius 3 is 2.56 bits per heavy atom. The summed E-state index contributed by atoms with van der Waals surface area (Å²) in [6, 6.07) is -0.208. The van der Waals surface area contributed by atoms with Crippen molar-refractivity contribution >= 4 is 12.0 Å². The molecule has 18 heavy (non-hydrogen) atoms. The van der Waals surface area contributed by atoms with E-state index in [-0.39, 0.29) is 18.0 Å². The van der Waals surface area contributed by atoms with E-state index in [1.165, 1.54) is 12.0 Å². The SMILES string of the molecule is COCCN(CC(=O)O)C(=O)N1CCC(C)(C)C1. The smallest absolute Gasteiger partial charge is 0.323 e. The van der Waals surface area contributed by atoms with Crippen molar-refractivity contribution in [2.24, 2.45) is 5.41 Å². The molecule has 2 amide bonds. The van der Waals surface area contributed by atoms with Crippen LogP contribution in [0.2, 0.25) is 0 Å². The molecule has 1 fully saturated rings. The fourth-order valence-electron chi connectivity index (χ4n) is 2.08. The fourth-order valence-corrected chi connectivity index (χ4v) is 2.08. The number of likely N-dealkylation sites (tertiary alicyclic amines) is 1. The second-order valence-corrected chi connectivity index (χ2v) is 5.43. The van der Waals surface area contributed by atoms with Gasteiger partial charge in [-0.25, -0.2) is 4.79 Å². The molecule has 1 saturated heterocycles. The Hall–Kier alpha value is -1.30. The molecular formula is C12H22N2O4. The molecule has 1 aliphatic rings. The van der Waals surface area contributed by atoms with Crippen molar-refractivity contribution in [3.8, 4) is 0 Å². The number of ether oxygens (including phenoxy) is 1. The van der Waals surface area contributed by atoms with Crippen LogP contribution in [0, 0.1) is 5.41 Å². The number of aliphatic carboxylic acids is 1. The topological polar surface area (TPSA) is 70.1 Å². The largest absolute Gasteiger partial charge is 0.480 e. The predicted octanol–water partition coefficient (Wildman–Crippen LogP) is 0.871. The molecule has 1 heterocycles. The Balaban J connectivity index is 2.61. The molecule has 0 aliphatic carbocycles. The number of rotatable bonds is 5. The summed E-state index contributed by atoms with van der Waals surface area (Å²) in [5.41, 5.74) is 0.117. The standard InChI is InChI=1S/C12H22N2O4/c1-12(2)4-5-14(9-12)11(17)13(6-7-18-3)8-10(15)16/h4-9H2,1-3H3,(H,15,16). The summed E-state index contributed by atoms with van der Waals surface area (Å²) in [6.45, 7) is 5.95. The van der Waals surface area contributed by atoms with Crippen LogP contribution in [-0.2, 0) is 9.53 Å². The van der Waals surface area contributed by atoms with Crippen molar-refractivity contribution in [3.63, 3.8) is 0 Å². The Labute approximate surface area is 107 Å². The Morgan fingerprint density at radius 1 is 1.44 bits per heavy atom. The fraction of sp³-hybridized carbons (Fsp3) is 0.833. The second-order valence-electron chi connectivity index (χ2n) is 5.43. The lowest BCUT2D eigenvalue weighted by molar-refractivity contribution is -0.137. The van der Waals surface area contributed by atoms with Crippen molar-refractivity contribution in [2.45, 2.75) is 20.3 Å². The number of carbonyl (C=O) groups is 2. The number of hydrogen-bond acceptors (Lipinski definition) is 3. The summed E-state index contributed by atoms with van der Waals surface area (Å²) in [4.78, 5) is 26.0. The van der Waals surface area contributed by atoms with E-state index in [2.05, 4.69) is 13.8 Å². The number of urea groups is 1. The molecule has 0 aromatic carbocycles. The van der Waals surface area contributed by atoms with Gasteiger partial charge in [-0.05, 0) is 11.8 Å². The number of carboxylic acids is 1. The van der Waals surface area contributed by atoms with Gasteiger partial charge in [0.15, 0.2) is 0 Å². The van der Waals surface area contributed by atoms with Crippen LogP contribution in [0.1, 0.15) is 20.3 Å². The van der Waals surface area contributed by atoms with Gasteiger partial charge in [0, 0.05) is 26.7 Å². The van der Waals surface area contributed by atoms with Crippen LogP contribution in [0.3, 0.4) is 0 Å². The van der Waals surface area contributed by atoms with E-state index in [1.807, 2.05) is 0 Å². The highest BCUT2D eigenvalue weighted by molar-refractivity contribution is 5.80. The maximum Gasteiger partial charge on any atom is 0.323 e. The molecule has 1 rings (SSSR count). The van der Waals surface area contributed by atoms with Gasteiger partial charge in [0.1, 0.15) is 6.54 Å². The molecule has 0 radical (unpaired) electrons. The Bertz CT molecular complexity index is 317. The summed E-state index contributed by atoms with van der Waals surface area (Å²) in [6.07, 6.45) is 0.948. The van der Waals surface area contributed by atoms with E-state index >= 15 is 0 Å². The van der Waals surface area contributed by atoms with E-state index in [4.69, 9.17) is 9.84 Å². The lowest BCUT2D eigenvalue weighted by atomic mass is 9.93. The van der Waals surface area contributed by atoms with Crippen LogP contribution < -0.4 is 0 Å². The normalized spacial score (nSPS) is 17.8. The minimum Gasteiger partial charge on any atom is -0.480 e. The molecule has 6 nitrogen and oxygen atoms in total. The van der Waals surface area contributed by atoms with Crippen molar-refractivity contribution in [3.05, 3.63) is 0 Å². The molecule has 0 bridgehead atoms. The maximum atomic E-state index is 12.2. The molecule has 0 atom stereocenters. The van der Waals surface area contributed by atoms with Gasteiger partial charge in [0.05, 0.1) is 6.61 Å². The van der Waals surface area contributed by atoms with Gasteiger partial charge in [-0.15, -0.1) is 0 Å². The zero-order valence-corrected chi connectivity index (χ0v) is 11.3. The van der Waals surface area contributed by atoms with Gasteiger partial charge < -0.3 is 19.6 Å². The number of nitrogens with zero attached hydrogens (tertiary/aromatic N) is 2. The van der Waals surface area contributed by atoms with Gasteiger partial charge in [0.25, 0.3) is 0 Å². The summed E-state index contributed by atoms with van der Waals surface area (Å²) in [5.74, 6) is -1.00. The third kappa shape index (κ3) is 4.18. The number of carbonyl (C=O) groups excluding carboxylic acids is 1. The minimum absolute atomic E-state index is 0.117. The van der Waals surface area contributed by atoms with E-state index in [0.29, 0.717) is 26.2 Å². The van der Waals surface area contributed by atoms with Crippen LogP contribution in [0.25, 0.3) is 0 Å². The van der Waals surface area contributed by atoms with Crippen molar-refractivity contribution in [1.29, 1.82) is 0 Å². The molecule has 0 saturated carbocycles. The molecule has 0 spiro atoms. The molecule has 1 aliphatic heterocycles. The minimum atomic E-state index is -1.00. The quantitative estimate of drug-likeness (QED) is 0.794. The number of carboxylic acid groups (broad SMARTS) is 1. The molecular weight excluding hydrogens is 236 g/mol. The van der Waals surface area contributed by atoms with Gasteiger partial charge in [-0.2, -0.15) is 0 Å². The average molecular weight is 258 g/mol. The molecule has 104 valence electrons. The lowest BCUT2D eigenvalue weighted by Gasteiger charge is -2.27. The molecule has 0 unspecified atom stereocenters. The summed E-state index contributed by atoms with van der Waals surface area (Å²) in [5, 5.41) is 8.82. The number of hydrogen-bond donors (Lipinski definition) is 1. The van der Waals surface area contributed by atoms with Gasteiger partial charge in [-0.3, -0.25) is 4.79 Å². The third-order valence-corrected chi connectivity index (χ3v) is 3.11. The van der Waals surface area contributed by atoms with Crippen molar-refractivity contribution < 1.29 is 19.4 Å². The van der Waals surface area contributed by atoms with Crippen molar-refractivity contribution in [2.75, 3.05) is 39.9 Å². The summed E-state index contributed by atoms with van der Waals surface area (Å²) < 4.78 is 4.90. The molecule has 0 aromatic heterocycles. The monoisotopic (exact) mass is 258 g/mol. The third-order valence-electron chi connectivity index (χ3n) is 3.11. The van der Waals surface area contributed by atoms with Gasteiger partial charge in [0.2, 0.25) is 0 Å². The van der Waals surface area contributed by atoms with E-state index < -0.39 is 5.97 Å². The van der Waals surface area contributed by atoms with E-state index in [9.17, 15) is 9.59 Å². The van der Waals surface area contributed by atoms with Crippen LogP contribution in [-0.4, -0.2) is 66.8 Å². The molecule has 1 N–H and O–H groups in total. The van der Waals surface area contributed by atoms with Gasteiger partial charge >= 0.3 is 12.0 Å². The van der Waals surface area contributed by atoms with Crippen molar-refractivity contribution in [1.82, 2.24) is 9.80 Å². The lowest BCUT2D eigenvalue weighted by Crippen LogP contribution is -2.46. The van der Waals surface area contributed by atoms with Crippen LogP contribution in [0.4, 0.5) is 4.79 Å². The highest BCUT2D eigenvalue weighted by Crippen LogP contribution is 2.29. The first-order valence-electron chi connectivity index (χ1n) is 6.10.